The van der Waals surface area contributed by atoms with Crippen molar-refractivity contribution in [1.29, 1.82) is 0 Å². The molecule has 0 bridgehead atoms. The maximum absolute atomic E-state index is 12.7. The van der Waals surface area contributed by atoms with Gasteiger partial charge in [0.1, 0.15) is 0 Å². The topological polar surface area (TPSA) is 46.6 Å². The monoisotopic (exact) mass is 297 g/mol. The van der Waals surface area contributed by atoms with E-state index in [0.29, 0.717) is 31.2 Å². The Balaban J connectivity index is 2.19. The number of ether oxygens (including phenoxy) is 1. The van der Waals surface area contributed by atoms with Crippen molar-refractivity contribution >= 4 is 10.0 Å². The molecule has 20 heavy (non-hydrogen) atoms. The van der Waals surface area contributed by atoms with Gasteiger partial charge in [0.05, 0.1) is 11.5 Å². The molecule has 1 heterocycles. The molecule has 1 aromatic carbocycles. The standard InChI is InChI=1S/C15H23NO3S/c1-2-19-13-14-8-7-9-15(12-14)20(17,18)16-10-5-3-4-6-11-16/h7-9,12H,2-6,10-11,13H2,1H3. The number of hydrogen-bond acceptors (Lipinski definition) is 3. The van der Waals surface area contributed by atoms with Crippen molar-refractivity contribution < 1.29 is 13.2 Å². The molecule has 0 aromatic heterocycles. The molecule has 0 radical (unpaired) electrons. The Morgan fingerprint density at radius 1 is 1.15 bits per heavy atom. The fourth-order valence-corrected chi connectivity index (χ4v) is 4.03. The second-order valence-corrected chi connectivity index (χ2v) is 7.04. The van der Waals surface area contributed by atoms with Gasteiger partial charge in [-0.05, 0) is 37.5 Å². The minimum atomic E-state index is -3.36. The first-order valence-corrected chi connectivity index (χ1v) is 8.75. The zero-order valence-corrected chi connectivity index (χ0v) is 12.9. The summed E-state index contributed by atoms with van der Waals surface area (Å²) in [6, 6.07) is 7.10. The lowest BCUT2D eigenvalue weighted by molar-refractivity contribution is 0.134. The Kier molecular flexibility index (Phi) is 5.57. The van der Waals surface area contributed by atoms with Crippen molar-refractivity contribution in [1.82, 2.24) is 4.31 Å². The highest BCUT2D eigenvalue weighted by Crippen LogP contribution is 2.21. The molecule has 1 saturated heterocycles. The summed E-state index contributed by atoms with van der Waals surface area (Å²) in [6.45, 7) is 4.29. The molecule has 0 unspecified atom stereocenters. The number of nitrogens with zero attached hydrogens (tertiary/aromatic N) is 1. The van der Waals surface area contributed by atoms with Crippen LogP contribution in [-0.2, 0) is 21.4 Å². The fourth-order valence-electron chi connectivity index (χ4n) is 2.45. The molecule has 1 fully saturated rings. The van der Waals surface area contributed by atoms with Gasteiger partial charge in [-0.1, -0.05) is 25.0 Å². The van der Waals surface area contributed by atoms with Gasteiger partial charge in [-0.3, -0.25) is 0 Å². The average molecular weight is 297 g/mol. The van der Waals surface area contributed by atoms with Gasteiger partial charge in [0.15, 0.2) is 0 Å². The summed E-state index contributed by atoms with van der Waals surface area (Å²) in [5.41, 5.74) is 0.905. The molecule has 5 heteroatoms. The van der Waals surface area contributed by atoms with Gasteiger partial charge in [-0.25, -0.2) is 8.42 Å². The highest BCUT2D eigenvalue weighted by atomic mass is 32.2. The van der Waals surface area contributed by atoms with E-state index in [1.54, 1.807) is 22.5 Å². The predicted octanol–water partition coefficient (Wildman–Crippen LogP) is 2.79. The Bertz CT molecular complexity index is 520. The fraction of sp³-hybridized carbons (Fsp3) is 0.600. The van der Waals surface area contributed by atoms with Crippen LogP contribution in [0.25, 0.3) is 0 Å². The molecule has 0 aliphatic carbocycles. The molecule has 1 aromatic rings. The van der Waals surface area contributed by atoms with E-state index >= 15 is 0 Å². The predicted molar refractivity (Wildman–Crippen MR) is 79.0 cm³/mol. The summed E-state index contributed by atoms with van der Waals surface area (Å²) >= 11 is 0. The minimum Gasteiger partial charge on any atom is -0.377 e. The van der Waals surface area contributed by atoms with Crippen LogP contribution < -0.4 is 0 Å². The smallest absolute Gasteiger partial charge is 0.243 e. The molecule has 0 atom stereocenters. The van der Waals surface area contributed by atoms with Crippen LogP contribution in [0.3, 0.4) is 0 Å². The van der Waals surface area contributed by atoms with Gasteiger partial charge in [0.2, 0.25) is 10.0 Å². The Morgan fingerprint density at radius 2 is 1.85 bits per heavy atom. The third-order valence-corrected chi connectivity index (χ3v) is 5.47. The van der Waals surface area contributed by atoms with Crippen LogP contribution >= 0.6 is 0 Å². The normalized spacial score (nSPS) is 17.9. The molecule has 0 spiro atoms. The van der Waals surface area contributed by atoms with Crippen LogP contribution in [0.2, 0.25) is 0 Å². The van der Waals surface area contributed by atoms with Crippen LogP contribution in [0, 0.1) is 0 Å². The van der Waals surface area contributed by atoms with Gasteiger partial charge in [-0.2, -0.15) is 4.31 Å². The zero-order chi connectivity index (χ0) is 14.4. The molecular weight excluding hydrogens is 274 g/mol. The van der Waals surface area contributed by atoms with E-state index in [1.807, 2.05) is 13.0 Å². The molecule has 0 amide bonds. The lowest BCUT2D eigenvalue weighted by Crippen LogP contribution is -2.32. The molecule has 1 aliphatic rings. The first-order chi connectivity index (χ1) is 9.64. The van der Waals surface area contributed by atoms with E-state index in [-0.39, 0.29) is 0 Å². The van der Waals surface area contributed by atoms with Crippen LogP contribution in [0.1, 0.15) is 38.2 Å². The van der Waals surface area contributed by atoms with Gasteiger partial charge < -0.3 is 4.74 Å². The van der Waals surface area contributed by atoms with Crippen LogP contribution in [0.5, 0.6) is 0 Å². The first kappa shape index (κ1) is 15.5. The third-order valence-electron chi connectivity index (χ3n) is 3.57. The summed E-state index contributed by atoms with van der Waals surface area (Å²) < 4.78 is 32.3. The lowest BCUT2D eigenvalue weighted by Gasteiger charge is -2.20. The summed E-state index contributed by atoms with van der Waals surface area (Å²) in [6.07, 6.45) is 4.16. The second kappa shape index (κ2) is 7.20. The van der Waals surface area contributed by atoms with Crippen molar-refractivity contribution in [2.75, 3.05) is 19.7 Å². The van der Waals surface area contributed by atoms with Crippen molar-refractivity contribution in [3.05, 3.63) is 29.8 Å². The van der Waals surface area contributed by atoms with Gasteiger partial charge >= 0.3 is 0 Å². The van der Waals surface area contributed by atoms with Crippen molar-refractivity contribution in [2.45, 2.75) is 44.1 Å². The molecular formula is C15H23NO3S. The number of rotatable bonds is 5. The van der Waals surface area contributed by atoms with Gasteiger partial charge in [-0.15, -0.1) is 0 Å². The average Bonchev–Trinajstić information content (AvgIpc) is 2.75. The maximum atomic E-state index is 12.7. The molecule has 2 rings (SSSR count). The second-order valence-electron chi connectivity index (χ2n) is 5.10. The van der Waals surface area contributed by atoms with E-state index in [0.717, 1.165) is 31.2 Å². The highest BCUT2D eigenvalue weighted by molar-refractivity contribution is 7.89. The quantitative estimate of drug-likeness (QED) is 0.839. The maximum Gasteiger partial charge on any atom is 0.243 e. The minimum absolute atomic E-state index is 0.386. The number of hydrogen-bond donors (Lipinski definition) is 0. The number of benzene rings is 1. The molecule has 4 nitrogen and oxygen atoms in total. The summed E-state index contributed by atoms with van der Waals surface area (Å²) in [5.74, 6) is 0. The molecule has 112 valence electrons. The van der Waals surface area contributed by atoms with Gasteiger partial charge in [0.25, 0.3) is 0 Å². The van der Waals surface area contributed by atoms with Crippen molar-refractivity contribution in [3.63, 3.8) is 0 Å². The zero-order valence-electron chi connectivity index (χ0n) is 12.0. The largest absolute Gasteiger partial charge is 0.377 e. The van der Waals surface area contributed by atoms with Crippen LogP contribution in [-0.4, -0.2) is 32.4 Å². The SMILES string of the molecule is CCOCc1cccc(S(=O)(=O)N2CCCCCC2)c1. The van der Waals surface area contributed by atoms with E-state index < -0.39 is 10.0 Å². The Labute approximate surface area is 121 Å². The Hall–Kier alpha value is -0.910. The van der Waals surface area contributed by atoms with Crippen LogP contribution in [0.15, 0.2) is 29.2 Å². The van der Waals surface area contributed by atoms with E-state index in [9.17, 15) is 8.42 Å². The summed E-state index contributed by atoms with van der Waals surface area (Å²) in [5, 5.41) is 0. The summed E-state index contributed by atoms with van der Waals surface area (Å²) in [7, 11) is -3.36. The first-order valence-electron chi connectivity index (χ1n) is 7.31. The van der Waals surface area contributed by atoms with Gasteiger partial charge in [0, 0.05) is 19.7 Å². The van der Waals surface area contributed by atoms with E-state index in [4.69, 9.17) is 4.74 Å². The van der Waals surface area contributed by atoms with Crippen molar-refractivity contribution in [3.8, 4) is 0 Å². The number of sulfonamides is 1. The highest BCUT2D eigenvalue weighted by Gasteiger charge is 2.25. The lowest BCUT2D eigenvalue weighted by atomic mass is 10.2. The Morgan fingerprint density at radius 3 is 2.50 bits per heavy atom. The van der Waals surface area contributed by atoms with E-state index in [2.05, 4.69) is 0 Å². The molecule has 1 aliphatic heterocycles. The van der Waals surface area contributed by atoms with E-state index in [1.165, 1.54) is 0 Å². The third kappa shape index (κ3) is 3.81. The molecule has 0 N–H and O–H groups in total. The summed E-state index contributed by atoms with van der Waals surface area (Å²) in [4.78, 5) is 0.386. The van der Waals surface area contributed by atoms with Crippen molar-refractivity contribution in [2.24, 2.45) is 0 Å². The van der Waals surface area contributed by atoms with Crippen LogP contribution in [0.4, 0.5) is 0 Å². The molecule has 0 saturated carbocycles.